The molecule has 68 valence electrons. The molecule has 0 atom stereocenters. The van der Waals surface area contributed by atoms with Gasteiger partial charge >= 0.3 is 0 Å². The Labute approximate surface area is 74.4 Å². The normalized spacial score (nSPS) is 11.4. The van der Waals surface area contributed by atoms with E-state index < -0.39 is 6.29 Å². The molecule has 0 aliphatic carbocycles. The zero-order valence-corrected chi connectivity index (χ0v) is 7.06. The molecule has 4 nitrogen and oxygen atoms in total. The molecule has 0 fully saturated rings. The molecule has 0 unspecified atom stereocenters. The van der Waals surface area contributed by atoms with Crippen molar-refractivity contribution in [1.82, 2.24) is 4.98 Å². The zero-order chi connectivity index (χ0) is 9.42. The highest BCUT2D eigenvalue weighted by Gasteiger charge is 2.11. The number of nitrogens with zero attached hydrogens (tertiary/aromatic N) is 1. The smallest absolute Gasteiger partial charge is 0.252 e. The van der Waals surface area contributed by atoms with Crippen LogP contribution in [0.1, 0.15) is 17.7 Å². The van der Waals surface area contributed by atoms with Crippen molar-refractivity contribution in [3.8, 4) is 0 Å². The molecule has 0 amide bonds. The Morgan fingerprint density at radius 1 is 1.38 bits per heavy atom. The van der Waals surface area contributed by atoms with Gasteiger partial charge in [0.2, 0.25) is 6.29 Å². The first-order valence-corrected chi connectivity index (χ1v) is 3.90. The minimum absolute atomic E-state index is 0.0689. The molecule has 1 aromatic heterocycles. The maximum atomic E-state index is 8.79. The van der Waals surface area contributed by atoms with E-state index >= 15 is 0 Å². The fourth-order valence-corrected chi connectivity index (χ4v) is 1.17. The summed E-state index contributed by atoms with van der Waals surface area (Å²) in [7, 11) is 0. The van der Waals surface area contributed by atoms with E-state index in [1.54, 1.807) is 6.07 Å². The Kier molecular flexibility index (Phi) is 1.79. The second-order valence-corrected chi connectivity index (χ2v) is 2.90. The minimum atomic E-state index is -1.65. The summed E-state index contributed by atoms with van der Waals surface area (Å²) in [5.41, 5.74) is 2.26. The van der Waals surface area contributed by atoms with Crippen molar-refractivity contribution in [2.75, 3.05) is 0 Å². The van der Waals surface area contributed by atoms with Crippen molar-refractivity contribution in [3.63, 3.8) is 0 Å². The number of aromatic nitrogens is 1. The molecule has 2 aromatic rings. The van der Waals surface area contributed by atoms with Crippen LogP contribution in [0, 0.1) is 6.92 Å². The summed E-state index contributed by atoms with van der Waals surface area (Å²) in [6.45, 7) is 1.93. The van der Waals surface area contributed by atoms with Gasteiger partial charge in [-0.15, -0.1) is 0 Å². The van der Waals surface area contributed by atoms with E-state index in [0.29, 0.717) is 11.1 Å². The number of hydrogen-bond acceptors (Lipinski definition) is 4. The van der Waals surface area contributed by atoms with Gasteiger partial charge in [0.05, 0.1) is 0 Å². The molecular formula is C9H9NO3. The number of aliphatic hydroxyl groups is 2. The molecular weight excluding hydrogens is 170 g/mol. The number of oxazole rings is 1. The molecule has 0 saturated carbocycles. The Bertz CT molecular complexity index is 433. The maximum Gasteiger partial charge on any atom is 0.252 e. The molecule has 13 heavy (non-hydrogen) atoms. The summed E-state index contributed by atoms with van der Waals surface area (Å²) in [6.07, 6.45) is -1.65. The van der Waals surface area contributed by atoms with E-state index in [-0.39, 0.29) is 5.89 Å². The van der Waals surface area contributed by atoms with Crippen molar-refractivity contribution in [1.29, 1.82) is 0 Å². The zero-order valence-electron chi connectivity index (χ0n) is 7.06. The second-order valence-electron chi connectivity index (χ2n) is 2.90. The average molecular weight is 179 g/mol. The highest BCUT2D eigenvalue weighted by Crippen LogP contribution is 2.19. The Balaban J connectivity index is 2.62. The van der Waals surface area contributed by atoms with Crippen LogP contribution < -0.4 is 0 Å². The van der Waals surface area contributed by atoms with E-state index in [1.165, 1.54) is 0 Å². The number of rotatable bonds is 1. The maximum absolute atomic E-state index is 8.79. The monoisotopic (exact) mass is 179 g/mol. The van der Waals surface area contributed by atoms with Gasteiger partial charge < -0.3 is 14.6 Å². The van der Waals surface area contributed by atoms with Crippen LogP contribution in [0.4, 0.5) is 0 Å². The van der Waals surface area contributed by atoms with Gasteiger partial charge in [0.25, 0.3) is 5.89 Å². The third kappa shape index (κ3) is 1.41. The predicted molar refractivity (Wildman–Crippen MR) is 45.9 cm³/mol. The molecule has 0 aliphatic rings. The van der Waals surface area contributed by atoms with Gasteiger partial charge in [-0.2, -0.15) is 0 Å². The minimum Gasteiger partial charge on any atom is -0.436 e. The average Bonchev–Trinajstić information content (AvgIpc) is 2.46. The summed E-state index contributed by atoms with van der Waals surface area (Å²) in [4.78, 5) is 3.91. The summed E-state index contributed by atoms with van der Waals surface area (Å²) in [5.74, 6) is -0.0689. The van der Waals surface area contributed by atoms with Crippen molar-refractivity contribution in [2.45, 2.75) is 13.2 Å². The topological polar surface area (TPSA) is 66.5 Å². The summed E-state index contributed by atoms with van der Waals surface area (Å²) < 4.78 is 5.07. The third-order valence-electron chi connectivity index (χ3n) is 1.78. The third-order valence-corrected chi connectivity index (χ3v) is 1.78. The van der Waals surface area contributed by atoms with Gasteiger partial charge in [0.1, 0.15) is 5.52 Å². The van der Waals surface area contributed by atoms with Crippen molar-refractivity contribution < 1.29 is 14.6 Å². The first kappa shape index (κ1) is 8.22. The van der Waals surface area contributed by atoms with Crippen LogP contribution in [0.5, 0.6) is 0 Å². The number of aliphatic hydroxyl groups excluding tert-OH is 1. The fourth-order valence-electron chi connectivity index (χ4n) is 1.17. The van der Waals surface area contributed by atoms with E-state index in [0.717, 1.165) is 5.56 Å². The van der Waals surface area contributed by atoms with Crippen LogP contribution in [0.3, 0.4) is 0 Å². The standard InChI is InChI=1S/C9H9NO3/c1-5-2-3-7-6(4-5)10-8(13-7)9(11)12/h2-4,9,11-12H,1H3. The molecule has 1 aromatic carbocycles. The molecule has 2 rings (SSSR count). The lowest BCUT2D eigenvalue weighted by molar-refractivity contribution is -0.0610. The Morgan fingerprint density at radius 3 is 2.85 bits per heavy atom. The summed E-state index contributed by atoms with van der Waals surface area (Å²) >= 11 is 0. The van der Waals surface area contributed by atoms with E-state index in [1.807, 2.05) is 19.1 Å². The van der Waals surface area contributed by atoms with Crippen LogP contribution in [-0.2, 0) is 0 Å². The number of hydrogen-bond donors (Lipinski definition) is 2. The van der Waals surface area contributed by atoms with E-state index in [2.05, 4.69) is 4.98 Å². The van der Waals surface area contributed by atoms with Crippen LogP contribution >= 0.6 is 0 Å². The van der Waals surface area contributed by atoms with Gasteiger partial charge in [-0.1, -0.05) is 6.07 Å². The van der Waals surface area contributed by atoms with Crippen LogP contribution in [0.15, 0.2) is 22.6 Å². The Morgan fingerprint density at radius 2 is 2.15 bits per heavy atom. The molecule has 0 radical (unpaired) electrons. The lowest BCUT2D eigenvalue weighted by Crippen LogP contribution is -1.93. The van der Waals surface area contributed by atoms with E-state index in [4.69, 9.17) is 14.6 Å². The molecule has 0 saturated heterocycles. The lowest BCUT2D eigenvalue weighted by atomic mass is 10.2. The molecule has 0 spiro atoms. The van der Waals surface area contributed by atoms with Crippen molar-refractivity contribution in [3.05, 3.63) is 29.7 Å². The molecule has 0 bridgehead atoms. The summed E-state index contributed by atoms with van der Waals surface area (Å²) in [6, 6.07) is 5.45. The quantitative estimate of drug-likeness (QED) is 0.644. The van der Waals surface area contributed by atoms with E-state index in [9.17, 15) is 0 Å². The van der Waals surface area contributed by atoms with Crippen LogP contribution in [0.2, 0.25) is 0 Å². The van der Waals surface area contributed by atoms with Gasteiger partial charge in [0.15, 0.2) is 5.58 Å². The highest BCUT2D eigenvalue weighted by molar-refractivity contribution is 5.73. The molecule has 4 heteroatoms. The molecule has 0 aliphatic heterocycles. The highest BCUT2D eigenvalue weighted by atomic mass is 16.5. The SMILES string of the molecule is Cc1ccc2oc(C(O)O)nc2c1. The van der Waals surface area contributed by atoms with Gasteiger partial charge in [-0.05, 0) is 24.6 Å². The van der Waals surface area contributed by atoms with Crippen molar-refractivity contribution >= 4 is 11.1 Å². The second kappa shape index (κ2) is 2.83. The van der Waals surface area contributed by atoms with Crippen molar-refractivity contribution in [2.24, 2.45) is 0 Å². The molecule has 1 heterocycles. The molecule has 2 N–H and O–H groups in total. The first-order chi connectivity index (χ1) is 6.16. The largest absolute Gasteiger partial charge is 0.436 e. The predicted octanol–water partition coefficient (Wildman–Crippen LogP) is 1.12. The Hall–Kier alpha value is -1.39. The van der Waals surface area contributed by atoms with Gasteiger partial charge in [-0.3, -0.25) is 0 Å². The van der Waals surface area contributed by atoms with Gasteiger partial charge in [0, 0.05) is 0 Å². The van der Waals surface area contributed by atoms with Crippen LogP contribution in [-0.4, -0.2) is 15.2 Å². The summed E-state index contributed by atoms with van der Waals surface area (Å²) in [5, 5.41) is 17.6. The fraction of sp³-hybridized carbons (Fsp3) is 0.222. The number of aryl methyl sites for hydroxylation is 1. The van der Waals surface area contributed by atoms with Crippen LogP contribution in [0.25, 0.3) is 11.1 Å². The number of fused-ring (bicyclic) bond motifs is 1. The first-order valence-electron chi connectivity index (χ1n) is 3.90. The van der Waals surface area contributed by atoms with Gasteiger partial charge in [-0.25, -0.2) is 4.98 Å². The lowest BCUT2D eigenvalue weighted by Gasteiger charge is -1.92. The number of benzene rings is 1.